The van der Waals surface area contributed by atoms with Crippen LogP contribution in [0.15, 0.2) is 42.5 Å². The molecule has 0 spiro atoms. The highest BCUT2D eigenvalue weighted by Crippen LogP contribution is 2.39. The van der Waals surface area contributed by atoms with E-state index in [2.05, 4.69) is 54.3 Å². The maximum Gasteiger partial charge on any atom is 0.224 e. The van der Waals surface area contributed by atoms with Gasteiger partial charge in [-0.05, 0) is 73.2 Å². The van der Waals surface area contributed by atoms with Crippen LogP contribution in [0.3, 0.4) is 0 Å². The molecular formula is C25H33N3O. The van der Waals surface area contributed by atoms with Crippen LogP contribution in [0, 0.1) is 0 Å². The molecule has 1 fully saturated rings. The van der Waals surface area contributed by atoms with Crippen LogP contribution < -0.4 is 10.6 Å². The van der Waals surface area contributed by atoms with E-state index >= 15 is 0 Å². The normalized spacial score (nSPS) is 22.4. The summed E-state index contributed by atoms with van der Waals surface area (Å²) in [6, 6.07) is 15.5. The average Bonchev–Trinajstić information content (AvgIpc) is 2.74. The molecular weight excluding hydrogens is 358 g/mol. The van der Waals surface area contributed by atoms with Gasteiger partial charge in [-0.2, -0.15) is 0 Å². The van der Waals surface area contributed by atoms with Crippen LogP contribution in [0.5, 0.6) is 0 Å². The SMILES string of the molecule is CC[C@@H]1C[C@H](N)c2cc(-c3ccc(CN4CCCCC4)cc3)ccc2N1C(C)=O. The van der Waals surface area contributed by atoms with E-state index in [0.29, 0.717) is 0 Å². The van der Waals surface area contributed by atoms with Gasteiger partial charge in [0.2, 0.25) is 5.91 Å². The Morgan fingerprint density at radius 3 is 2.38 bits per heavy atom. The molecule has 2 aromatic rings. The number of carbonyl (C=O) groups is 1. The van der Waals surface area contributed by atoms with Crippen molar-refractivity contribution in [2.24, 2.45) is 5.73 Å². The van der Waals surface area contributed by atoms with E-state index in [0.717, 1.165) is 30.6 Å². The van der Waals surface area contributed by atoms with Crippen molar-refractivity contribution in [3.63, 3.8) is 0 Å². The van der Waals surface area contributed by atoms with Crippen molar-refractivity contribution in [1.82, 2.24) is 4.90 Å². The Kier molecular flexibility index (Phi) is 6.02. The number of hydrogen-bond donors (Lipinski definition) is 1. The van der Waals surface area contributed by atoms with Gasteiger partial charge in [0, 0.05) is 31.2 Å². The third-order valence-electron chi connectivity index (χ3n) is 6.53. The highest BCUT2D eigenvalue weighted by molar-refractivity contribution is 5.94. The van der Waals surface area contributed by atoms with Gasteiger partial charge in [0.05, 0.1) is 0 Å². The van der Waals surface area contributed by atoms with Gasteiger partial charge in [-0.25, -0.2) is 0 Å². The predicted molar refractivity (Wildman–Crippen MR) is 120 cm³/mol. The predicted octanol–water partition coefficient (Wildman–Crippen LogP) is 4.87. The van der Waals surface area contributed by atoms with Gasteiger partial charge in [0.15, 0.2) is 0 Å². The number of rotatable bonds is 4. The summed E-state index contributed by atoms with van der Waals surface area (Å²) in [5.74, 6) is 0.0971. The lowest BCUT2D eigenvalue weighted by Crippen LogP contribution is -2.44. The average molecular weight is 392 g/mol. The maximum absolute atomic E-state index is 12.3. The van der Waals surface area contributed by atoms with Gasteiger partial charge < -0.3 is 10.6 Å². The molecule has 1 amide bonds. The van der Waals surface area contributed by atoms with Gasteiger partial charge in [-0.1, -0.05) is 43.7 Å². The first-order valence-electron chi connectivity index (χ1n) is 11.1. The Morgan fingerprint density at radius 2 is 1.72 bits per heavy atom. The molecule has 0 unspecified atom stereocenters. The summed E-state index contributed by atoms with van der Waals surface area (Å²) in [6.07, 6.45) is 5.76. The van der Waals surface area contributed by atoms with Crippen LogP contribution in [0.1, 0.15) is 63.1 Å². The first-order valence-corrected chi connectivity index (χ1v) is 11.1. The quantitative estimate of drug-likeness (QED) is 0.808. The van der Waals surface area contributed by atoms with Crippen LogP contribution in [0.2, 0.25) is 0 Å². The van der Waals surface area contributed by atoms with Crippen molar-refractivity contribution in [2.75, 3.05) is 18.0 Å². The second kappa shape index (κ2) is 8.68. The van der Waals surface area contributed by atoms with Gasteiger partial charge in [0.25, 0.3) is 0 Å². The number of nitrogens with two attached hydrogens (primary N) is 1. The first kappa shape index (κ1) is 20.1. The van der Waals surface area contributed by atoms with E-state index < -0.39 is 0 Å². The van der Waals surface area contributed by atoms with Gasteiger partial charge in [-0.3, -0.25) is 9.69 Å². The molecule has 2 heterocycles. The van der Waals surface area contributed by atoms with Crippen molar-refractivity contribution < 1.29 is 4.79 Å². The van der Waals surface area contributed by atoms with Gasteiger partial charge >= 0.3 is 0 Å². The highest BCUT2D eigenvalue weighted by atomic mass is 16.2. The molecule has 2 atom stereocenters. The summed E-state index contributed by atoms with van der Waals surface area (Å²) in [5, 5.41) is 0. The van der Waals surface area contributed by atoms with E-state index in [4.69, 9.17) is 5.73 Å². The number of benzene rings is 2. The molecule has 2 aliphatic rings. The fourth-order valence-electron chi connectivity index (χ4n) is 4.93. The Hall–Kier alpha value is -2.17. The number of piperidine rings is 1. The summed E-state index contributed by atoms with van der Waals surface area (Å²) in [4.78, 5) is 16.8. The molecule has 0 aliphatic carbocycles. The Balaban J connectivity index is 1.57. The molecule has 0 aromatic heterocycles. The standard InChI is InChI=1S/C25H33N3O/c1-3-22-16-24(26)23-15-21(11-12-25(23)28(22)18(2)29)20-9-7-19(8-10-20)17-27-13-5-4-6-14-27/h7-12,15,22,24H,3-6,13-14,16-17,26H2,1-2H3/t22-,24+/m1/s1. The van der Waals surface area contributed by atoms with E-state index in [-0.39, 0.29) is 18.0 Å². The summed E-state index contributed by atoms with van der Waals surface area (Å²) in [5.41, 5.74) is 12.3. The second-order valence-electron chi connectivity index (χ2n) is 8.60. The molecule has 154 valence electrons. The van der Waals surface area contributed by atoms with Crippen molar-refractivity contribution in [3.05, 3.63) is 53.6 Å². The minimum Gasteiger partial charge on any atom is -0.324 e. The van der Waals surface area contributed by atoms with Crippen LogP contribution in [0.25, 0.3) is 11.1 Å². The van der Waals surface area contributed by atoms with Crippen molar-refractivity contribution in [2.45, 2.75) is 64.6 Å². The van der Waals surface area contributed by atoms with E-state index in [1.54, 1.807) is 6.92 Å². The molecule has 4 nitrogen and oxygen atoms in total. The molecule has 4 rings (SSSR count). The first-order chi connectivity index (χ1) is 14.1. The number of carbonyl (C=O) groups excluding carboxylic acids is 1. The third kappa shape index (κ3) is 4.24. The molecule has 1 saturated heterocycles. The lowest BCUT2D eigenvalue weighted by molar-refractivity contribution is -0.117. The molecule has 2 aromatic carbocycles. The summed E-state index contributed by atoms with van der Waals surface area (Å²) < 4.78 is 0. The monoisotopic (exact) mass is 391 g/mol. The second-order valence-corrected chi connectivity index (χ2v) is 8.60. The molecule has 4 heteroatoms. The van der Waals surface area contributed by atoms with Crippen molar-refractivity contribution in [1.29, 1.82) is 0 Å². The van der Waals surface area contributed by atoms with Crippen molar-refractivity contribution >= 4 is 11.6 Å². The van der Waals surface area contributed by atoms with E-state index in [9.17, 15) is 4.79 Å². The Bertz CT molecular complexity index is 855. The zero-order valence-corrected chi connectivity index (χ0v) is 17.7. The topological polar surface area (TPSA) is 49.6 Å². The smallest absolute Gasteiger partial charge is 0.224 e. The Labute approximate surface area is 174 Å². The molecule has 0 radical (unpaired) electrons. The van der Waals surface area contributed by atoms with E-state index in [1.165, 1.54) is 49.0 Å². The number of fused-ring (bicyclic) bond motifs is 1. The van der Waals surface area contributed by atoms with Crippen molar-refractivity contribution in [3.8, 4) is 11.1 Å². The minimum absolute atomic E-state index is 0.0242. The van der Waals surface area contributed by atoms with Gasteiger partial charge in [-0.15, -0.1) is 0 Å². The van der Waals surface area contributed by atoms with E-state index in [1.807, 2.05) is 4.90 Å². The molecule has 2 aliphatic heterocycles. The number of likely N-dealkylation sites (tertiary alicyclic amines) is 1. The lowest BCUT2D eigenvalue weighted by atomic mass is 9.88. The lowest BCUT2D eigenvalue weighted by Gasteiger charge is -2.39. The fraction of sp³-hybridized carbons (Fsp3) is 0.480. The summed E-state index contributed by atoms with van der Waals surface area (Å²) in [6.45, 7) is 7.25. The van der Waals surface area contributed by atoms with Gasteiger partial charge in [0.1, 0.15) is 0 Å². The number of nitrogens with zero attached hydrogens (tertiary/aromatic N) is 2. The summed E-state index contributed by atoms with van der Waals surface area (Å²) in [7, 11) is 0. The maximum atomic E-state index is 12.3. The zero-order chi connectivity index (χ0) is 20.4. The van der Waals surface area contributed by atoms with Crippen LogP contribution in [-0.2, 0) is 11.3 Å². The molecule has 2 N–H and O–H groups in total. The third-order valence-corrected chi connectivity index (χ3v) is 6.53. The fourth-order valence-corrected chi connectivity index (χ4v) is 4.93. The number of amides is 1. The van der Waals surface area contributed by atoms with Crippen LogP contribution >= 0.6 is 0 Å². The molecule has 0 bridgehead atoms. The largest absolute Gasteiger partial charge is 0.324 e. The number of hydrogen-bond acceptors (Lipinski definition) is 3. The molecule has 0 saturated carbocycles. The van der Waals surface area contributed by atoms with Crippen LogP contribution in [0.4, 0.5) is 5.69 Å². The Morgan fingerprint density at radius 1 is 1.03 bits per heavy atom. The molecule has 29 heavy (non-hydrogen) atoms. The van der Waals surface area contributed by atoms with Crippen LogP contribution in [-0.4, -0.2) is 29.9 Å². The summed E-state index contributed by atoms with van der Waals surface area (Å²) >= 11 is 0. The number of anilines is 1. The minimum atomic E-state index is -0.0242. The highest BCUT2D eigenvalue weighted by Gasteiger charge is 2.32. The zero-order valence-electron chi connectivity index (χ0n) is 17.7.